The standard InChI is InChI=1S/C22H24N4O4/c1-14(2)9-15-3-5-16(6-4-15)21-24-20(25-30-21)17-7-8-18(23-10-17)11-26-12-19(13-26)29-22(27)28/h3-8,10,14,19H,9,11-13H2,1-2H3,(H,27,28). The minimum atomic E-state index is -1.23. The van der Waals surface area contributed by atoms with Gasteiger partial charge >= 0.3 is 6.16 Å². The maximum absolute atomic E-state index is 10.5. The van der Waals surface area contributed by atoms with Crippen LogP contribution in [0.2, 0.25) is 0 Å². The second-order valence-electron chi connectivity index (χ2n) is 7.96. The van der Waals surface area contributed by atoms with Gasteiger partial charge < -0.3 is 14.4 Å². The zero-order valence-corrected chi connectivity index (χ0v) is 17.0. The highest BCUT2D eigenvalue weighted by molar-refractivity contribution is 5.59. The highest BCUT2D eigenvalue weighted by Crippen LogP contribution is 2.23. The van der Waals surface area contributed by atoms with Gasteiger partial charge in [-0.05, 0) is 42.2 Å². The third-order valence-corrected chi connectivity index (χ3v) is 4.93. The highest BCUT2D eigenvalue weighted by atomic mass is 16.7. The van der Waals surface area contributed by atoms with Crippen molar-refractivity contribution < 1.29 is 19.2 Å². The van der Waals surface area contributed by atoms with E-state index in [4.69, 9.17) is 14.4 Å². The van der Waals surface area contributed by atoms with Crippen molar-refractivity contribution in [3.8, 4) is 22.8 Å². The van der Waals surface area contributed by atoms with Crippen LogP contribution in [0.4, 0.5) is 4.79 Å². The molecule has 1 saturated heterocycles. The fraction of sp³-hybridized carbons (Fsp3) is 0.364. The van der Waals surface area contributed by atoms with Gasteiger partial charge in [0.1, 0.15) is 6.10 Å². The van der Waals surface area contributed by atoms with Crippen molar-refractivity contribution in [3.05, 3.63) is 53.9 Å². The first-order valence-corrected chi connectivity index (χ1v) is 9.96. The van der Waals surface area contributed by atoms with E-state index in [1.54, 1.807) is 6.20 Å². The Morgan fingerprint density at radius 2 is 1.93 bits per heavy atom. The van der Waals surface area contributed by atoms with Gasteiger partial charge in [0, 0.05) is 37.0 Å². The Morgan fingerprint density at radius 3 is 2.57 bits per heavy atom. The van der Waals surface area contributed by atoms with Gasteiger partial charge in [-0.2, -0.15) is 4.98 Å². The average molecular weight is 408 g/mol. The summed E-state index contributed by atoms with van der Waals surface area (Å²) in [5.41, 5.74) is 3.84. The number of likely N-dealkylation sites (tertiary alicyclic amines) is 1. The molecule has 1 N–H and O–H groups in total. The van der Waals surface area contributed by atoms with Crippen molar-refractivity contribution in [2.24, 2.45) is 5.92 Å². The van der Waals surface area contributed by atoms with Crippen molar-refractivity contribution in [2.45, 2.75) is 32.9 Å². The van der Waals surface area contributed by atoms with Crippen LogP contribution in [0.25, 0.3) is 22.8 Å². The second kappa shape index (κ2) is 8.62. The summed E-state index contributed by atoms with van der Waals surface area (Å²) in [5.74, 6) is 1.59. The summed E-state index contributed by atoms with van der Waals surface area (Å²) in [4.78, 5) is 21.5. The maximum atomic E-state index is 10.5. The maximum Gasteiger partial charge on any atom is 0.506 e. The first-order chi connectivity index (χ1) is 14.5. The molecule has 0 amide bonds. The number of aromatic nitrogens is 3. The number of benzene rings is 1. The number of ether oxygens (including phenoxy) is 1. The van der Waals surface area contributed by atoms with E-state index < -0.39 is 6.16 Å². The van der Waals surface area contributed by atoms with Crippen molar-refractivity contribution in [1.29, 1.82) is 0 Å². The Balaban J connectivity index is 1.36. The van der Waals surface area contributed by atoms with Crippen LogP contribution in [0, 0.1) is 5.92 Å². The molecule has 0 unspecified atom stereocenters. The van der Waals surface area contributed by atoms with Gasteiger partial charge in [0.2, 0.25) is 5.82 Å². The van der Waals surface area contributed by atoms with Gasteiger partial charge in [0.25, 0.3) is 5.89 Å². The Morgan fingerprint density at radius 1 is 1.20 bits per heavy atom. The number of hydrogen-bond donors (Lipinski definition) is 1. The van der Waals surface area contributed by atoms with Crippen LogP contribution in [0.3, 0.4) is 0 Å². The molecular formula is C22H24N4O4. The third kappa shape index (κ3) is 4.83. The number of carbonyl (C=O) groups is 1. The molecule has 1 aliphatic heterocycles. The molecular weight excluding hydrogens is 384 g/mol. The van der Waals surface area contributed by atoms with Crippen LogP contribution in [-0.4, -0.2) is 50.5 Å². The van der Waals surface area contributed by atoms with E-state index in [1.165, 1.54) is 5.56 Å². The molecule has 1 aliphatic rings. The summed E-state index contributed by atoms with van der Waals surface area (Å²) in [5, 5.41) is 12.7. The van der Waals surface area contributed by atoms with Crippen molar-refractivity contribution >= 4 is 6.16 Å². The fourth-order valence-corrected chi connectivity index (χ4v) is 3.46. The molecule has 1 aromatic carbocycles. The molecule has 30 heavy (non-hydrogen) atoms. The number of carboxylic acid groups (broad SMARTS) is 1. The first kappa shape index (κ1) is 20.0. The van der Waals surface area contributed by atoms with Crippen molar-refractivity contribution in [2.75, 3.05) is 13.1 Å². The molecule has 0 saturated carbocycles. The summed E-state index contributed by atoms with van der Waals surface area (Å²) in [6.07, 6.45) is 1.28. The van der Waals surface area contributed by atoms with Crippen LogP contribution >= 0.6 is 0 Å². The van der Waals surface area contributed by atoms with Crippen LogP contribution in [0.15, 0.2) is 47.1 Å². The fourth-order valence-electron chi connectivity index (χ4n) is 3.46. The average Bonchev–Trinajstić information content (AvgIpc) is 3.17. The van der Waals surface area contributed by atoms with E-state index in [0.717, 1.165) is 23.2 Å². The molecule has 4 rings (SSSR count). The largest absolute Gasteiger partial charge is 0.506 e. The molecule has 8 heteroatoms. The molecule has 0 radical (unpaired) electrons. The minimum absolute atomic E-state index is 0.251. The second-order valence-corrected chi connectivity index (χ2v) is 7.96. The van der Waals surface area contributed by atoms with E-state index in [9.17, 15) is 4.79 Å². The van der Waals surface area contributed by atoms with E-state index in [-0.39, 0.29) is 6.10 Å². The molecule has 3 heterocycles. The quantitative estimate of drug-likeness (QED) is 0.588. The summed E-state index contributed by atoms with van der Waals surface area (Å²) < 4.78 is 10.2. The van der Waals surface area contributed by atoms with E-state index >= 15 is 0 Å². The zero-order valence-electron chi connectivity index (χ0n) is 17.0. The predicted molar refractivity (Wildman–Crippen MR) is 110 cm³/mol. The number of nitrogens with zero attached hydrogens (tertiary/aromatic N) is 4. The third-order valence-electron chi connectivity index (χ3n) is 4.93. The topological polar surface area (TPSA) is 102 Å². The van der Waals surface area contributed by atoms with E-state index in [2.05, 4.69) is 46.0 Å². The molecule has 156 valence electrons. The minimum Gasteiger partial charge on any atom is -0.450 e. The molecule has 1 fully saturated rings. The Kier molecular flexibility index (Phi) is 5.76. The van der Waals surface area contributed by atoms with Gasteiger partial charge in [-0.15, -0.1) is 0 Å². The number of pyridine rings is 1. The first-order valence-electron chi connectivity index (χ1n) is 9.96. The summed E-state index contributed by atoms with van der Waals surface area (Å²) in [6, 6.07) is 12.0. The normalized spacial score (nSPS) is 14.6. The predicted octanol–water partition coefficient (Wildman–Crippen LogP) is 3.88. The summed E-state index contributed by atoms with van der Waals surface area (Å²) >= 11 is 0. The van der Waals surface area contributed by atoms with E-state index in [1.807, 2.05) is 24.3 Å². The van der Waals surface area contributed by atoms with Gasteiger partial charge in [0.15, 0.2) is 0 Å². The Hall–Kier alpha value is -3.26. The van der Waals surface area contributed by atoms with Gasteiger partial charge in [-0.25, -0.2) is 4.79 Å². The molecule has 0 bridgehead atoms. The van der Waals surface area contributed by atoms with Gasteiger partial charge in [0.05, 0.1) is 5.69 Å². The number of rotatable bonds is 7. The van der Waals surface area contributed by atoms with Crippen molar-refractivity contribution in [3.63, 3.8) is 0 Å². The van der Waals surface area contributed by atoms with E-state index in [0.29, 0.717) is 37.3 Å². The number of hydrogen-bond acceptors (Lipinski definition) is 7. The van der Waals surface area contributed by atoms with Crippen LogP contribution in [0.5, 0.6) is 0 Å². The van der Waals surface area contributed by atoms with Gasteiger partial charge in [-0.1, -0.05) is 31.1 Å². The van der Waals surface area contributed by atoms with Gasteiger partial charge in [-0.3, -0.25) is 9.88 Å². The Labute approximate surface area is 174 Å². The molecule has 8 nitrogen and oxygen atoms in total. The monoisotopic (exact) mass is 408 g/mol. The highest BCUT2D eigenvalue weighted by Gasteiger charge is 2.30. The smallest absolute Gasteiger partial charge is 0.450 e. The van der Waals surface area contributed by atoms with Crippen LogP contribution in [-0.2, 0) is 17.7 Å². The Bertz CT molecular complexity index is 993. The van der Waals surface area contributed by atoms with Crippen LogP contribution < -0.4 is 0 Å². The lowest BCUT2D eigenvalue weighted by Gasteiger charge is -2.37. The molecule has 0 atom stereocenters. The summed E-state index contributed by atoms with van der Waals surface area (Å²) in [7, 11) is 0. The SMILES string of the molecule is CC(C)Cc1ccc(-c2nc(-c3ccc(CN4CC(OC(=O)O)C4)nc3)no2)cc1. The molecule has 0 aliphatic carbocycles. The zero-order chi connectivity index (χ0) is 21.1. The van der Waals surface area contributed by atoms with Crippen molar-refractivity contribution in [1.82, 2.24) is 20.0 Å². The lowest BCUT2D eigenvalue weighted by Crippen LogP contribution is -2.52. The molecule has 0 spiro atoms. The lowest BCUT2D eigenvalue weighted by molar-refractivity contribution is -0.0367. The molecule has 2 aromatic heterocycles. The molecule has 3 aromatic rings. The lowest BCUT2D eigenvalue weighted by atomic mass is 10.0. The summed E-state index contributed by atoms with van der Waals surface area (Å²) in [6.45, 7) is 6.21. The van der Waals surface area contributed by atoms with Crippen LogP contribution in [0.1, 0.15) is 25.1 Å².